The van der Waals surface area contributed by atoms with Crippen LogP contribution in [-0.2, 0) is 9.68 Å². The van der Waals surface area contributed by atoms with Gasteiger partial charge in [-0.15, -0.1) is 0 Å². The molecule has 0 spiro atoms. The minimum atomic E-state index is -0.985. The van der Waals surface area contributed by atoms with Crippen LogP contribution >= 0.6 is 0 Å². The van der Waals surface area contributed by atoms with Crippen molar-refractivity contribution in [3.05, 3.63) is 59.9 Å². The van der Waals surface area contributed by atoms with E-state index >= 15 is 0 Å². The van der Waals surface area contributed by atoms with Crippen molar-refractivity contribution in [3.63, 3.8) is 0 Å². The first-order chi connectivity index (χ1) is 17.8. The van der Waals surface area contributed by atoms with Crippen LogP contribution in [0.1, 0.15) is 20.7 Å². The number of ether oxygens (including phenoxy) is 2. The number of carbonyl (C=O) groups is 2. The van der Waals surface area contributed by atoms with Crippen molar-refractivity contribution in [3.8, 4) is 11.8 Å². The Bertz CT molecular complexity index is 1350. The molecule has 2 aromatic carbocycles. The van der Waals surface area contributed by atoms with Gasteiger partial charge in [0.15, 0.2) is 0 Å². The minimum Gasteiger partial charge on any atom is -0.480 e. The van der Waals surface area contributed by atoms with Crippen LogP contribution in [0.2, 0.25) is 0 Å². The summed E-state index contributed by atoms with van der Waals surface area (Å²) in [6.45, 7) is 0. The number of nitrogens with one attached hydrogen (secondary N) is 1. The first-order valence-corrected chi connectivity index (χ1v) is 10.6. The lowest BCUT2D eigenvalue weighted by Crippen LogP contribution is -2.25. The summed E-state index contributed by atoms with van der Waals surface area (Å²) < 4.78 is 9.90. The second kappa shape index (κ2) is 14.2. The molecule has 2 aromatic heterocycles. The van der Waals surface area contributed by atoms with Gasteiger partial charge in [-0.1, -0.05) is 0 Å². The Morgan fingerprint density at radius 1 is 0.811 bits per heavy atom. The zero-order valence-electron chi connectivity index (χ0n) is 21.3. The summed E-state index contributed by atoms with van der Waals surface area (Å²) >= 11 is 0. The monoisotopic (exact) mass is 512 g/mol. The molecule has 0 unspecified atom stereocenters. The maximum Gasteiger partial charge on any atom is 0.335 e. The summed E-state index contributed by atoms with van der Waals surface area (Å²) in [5.41, 5.74) is 5.55. The van der Waals surface area contributed by atoms with Crippen LogP contribution in [0.3, 0.4) is 0 Å². The van der Waals surface area contributed by atoms with Gasteiger partial charge in [0.25, 0.3) is 5.91 Å². The molecule has 0 fully saturated rings. The third kappa shape index (κ3) is 8.03. The molecule has 13 nitrogen and oxygen atoms in total. The number of carboxylic acid groups (broad SMARTS) is 1. The molecule has 196 valence electrons. The van der Waals surface area contributed by atoms with Crippen molar-refractivity contribution in [2.24, 2.45) is 0 Å². The number of carbonyl (C=O) groups excluding carboxylic acids is 1. The Morgan fingerprint density at radius 2 is 1.27 bits per heavy atom. The van der Waals surface area contributed by atoms with Gasteiger partial charge in [-0.25, -0.2) is 35.3 Å². The van der Waals surface area contributed by atoms with E-state index in [-0.39, 0.29) is 11.5 Å². The van der Waals surface area contributed by atoms with Crippen LogP contribution in [-0.4, -0.2) is 84.5 Å². The Balaban J connectivity index is 0.000000230. The molecule has 1 amide bonds. The lowest BCUT2D eigenvalue weighted by molar-refractivity contribution is -0.0756. The van der Waals surface area contributed by atoms with Gasteiger partial charge in [0, 0.05) is 19.7 Å². The highest BCUT2D eigenvalue weighted by Crippen LogP contribution is 2.17. The molecule has 2 N–H and O–H groups in total. The van der Waals surface area contributed by atoms with E-state index < -0.39 is 5.97 Å². The number of benzene rings is 2. The first-order valence-electron chi connectivity index (χ1n) is 10.6. The van der Waals surface area contributed by atoms with Crippen molar-refractivity contribution < 1.29 is 33.8 Å². The summed E-state index contributed by atoms with van der Waals surface area (Å²) in [7, 11) is 9.26. The number of aromatic carboxylic acids is 1. The van der Waals surface area contributed by atoms with Crippen molar-refractivity contribution in [1.29, 1.82) is 0 Å². The third-order valence-corrected chi connectivity index (χ3v) is 4.72. The number of hydrogen-bond donors (Lipinski definition) is 2. The standard InChI is InChI=1S/C12H13N3O3.C10H8N2O3.C2H7NO/c1-15(18-3)12(16)8-4-5-9-10(6-8)14-11(17-2)7-13-9;1-15-9-5-11-7-3-2-6(10(13)14)4-8(7)12-9;1-3-4-2/h4-7H,1-3H3;2-5H,1H3,(H,13,14);3H,1-2H3. The number of hydroxylamine groups is 3. The highest BCUT2D eigenvalue weighted by Gasteiger charge is 2.12. The molecule has 0 saturated heterocycles. The number of methoxy groups -OCH3 is 2. The molecular weight excluding hydrogens is 484 g/mol. The Hall–Kier alpha value is -4.46. The molecule has 0 bridgehead atoms. The Morgan fingerprint density at radius 3 is 1.68 bits per heavy atom. The fraction of sp³-hybridized carbons (Fsp3) is 0.250. The predicted molar refractivity (Wildman–Crippen MR) is 134 cm³/mol. The summed E-state index contributed by atoms with van der Waals surface area (Å²) in [5.74, 6) is -0.456. The van der Waals surface area contributed by atoms with E-state index in [9.17, 15) is 9.59 Å². The first kappa shape index (κ1) is 28.8. The summed E-state index contributed by atoms with van der Waals surface area (Å²) in [6.07, 6.45) is 3.02. The van der Waals surface area contributed by atoms with Gasteiger partial charge in [0.2, 0.25) is 11.8 Å². The number of aromatic nitrogens is 4. The highest BCUT2D eigenvalue weighted by molar-refractivity contribution is 5.96. The van der Waals surface area contributed by atoms with E-state index in [1.54, 1.807) is 45.5 Å². The van der Waals surface area contributed by atoms with E-state index in [4.69, 9.17) is 19.4 Å². The maximum atomic E-state index is 11.9. The number of nitrogens with zero attached hydrogens (tertiary/aromatic N) is 5. The Kier molecular flexibility index (Phi) is 11.0. The highest BCUT2D eigenvalue weighted by atomic mass is 16.7. The average Bonchev–Trinajstić information content (AvgIpc) is 2.95. The van der Waals surface area contributed by atoms with Crippen molar-refractivity contribution in [2.45, 2.75) is 0 Å². The van der Waals surface area contributed by atoms with Gasteiger partial charge < -0.3 is 19.4 Å². The molecule has 37 heavy (non-hydrogen) atoms. The van der Waals surface area contributed by atoms with Crippen LogP contribution in [0.5, 0.6) is 11.8 Å². The molecule has 13 heteroatoms. The van der Waals surface area contributed by atoms with Crippen LogP contribution < -0.4 is 15.0 Å². The predicted octanol–water partition coefficient (Wildman–Crippen LogP) is 2.38. The zero-order valence-corrected chi connectivity index (χ0v) is 21.3. The molecule has 2 heterocycles. The van der Waals surface area contributed by atoms with E-state index in [0.717, 1.165) is 5.06 Å². The minimum absolute atomic E-state index is 0.185. The maximum absolute atomic E-state index is 11.9. The average molecular weight is 513 g/mol. The largest absolute Gasteiger partial charge is 0.480 e. The van der Waals surface area contributed by atoms with E-state index in [1.807, 2.05) is 0 Å². The molecule has 0 aliphatic carbocycles. The van der Waals surface area contributed by atoms with Gasteiger partial charge in [0.1, 0.15) is 0 Å². The fourth-order valence-electron chi connectivity index (χ4n) is 2.72. The molecular formula is C24H28N6O7. The van der Waals surface area contributed by atoms with E-state index in [0.29, 0.717) is 39.4 Å². The van der Waals surface area contributed by atoms with Gasteiger partial charge in [-0.3, -0.25) is 9.63 Å². The van der Waals surface area contributed by atoms with Crippen molar-refractivity contribution in [1.82, 2.24) is 30.5 Å². The summed E-state index contributed by atoms with van der Waals surface area (Å²) in [6, 6.07) is 9.65. The second-order valence-electron chi connectivity index (χ2n) is 6.93. The van der Waals surface area contributed by atoms with Crippen LogP contribution in [0.15, 0.2) is 48.8 Å². The molecule has 0 aliphatic heterocycles. The normalized spacial score (nSPS) is 10.0. The Labute approximate surface area is 212 Å². The van der Waals surface area contributed by atoms with Crippen molar-refractivity contribution in [2.75, 3.05) is 42.5 Å². The molecule has 0 saturated carbocycles. The van der Waals surface area contributed by atoms with Crippen LogP contribution in [0, 0.1) is 0 Å². The number of rotatable bonds is 6. The summed E-state index contributed by atoms with van der Waals surface area (Å²) in [5, 5.41) is 9.94. The van der Waals surface area contributed by atoms with E-state index in [2.05, 4.69) is 30.3 Å². The molecule has 0 radical (unpaired) electrons. The van der Waals surface area contributed by atoms with Crippen LogP contribution in [0.25, 0.3) is 22.1 Å². The SMILES string of the molecule is CNOC.COc1cnc2ccc(C(=O)N(C)OC)cc2n1.COc1cnc2ccc(C(=O)O)cc2n1. The number of amides is 1. The molecule has 4 rings (SSSR count). The van der Waals surface area contributed by atoms with Gasteiger partial charge >= 0.3 is 5.97 Å². The molecule has 0 atom stereocenters. The number of carboxylic acids is 1. The van der Waals surface area contributed by atoms with Crippen LogP contribution in [0.4, 0.5) is 0 Å². The van der Waals surface area contributed by atoms with Gasteiger partial charge in [-0.2, -0.15) is 0 Å². The zero-order chi connectivity index (χ0) is 27.4. The van der Waals surface area contributed by atoms with Crippen molar-refractivity contribution >= 4 is 33.9 Å². The van der Waals surface area contributed by atoms with Gasteiger partial charge in [-0.05, 0) is 36.4 Å². The molecule has 0 aliphatic rings. The number of hydrogen-bond acceptors (Lipinski definition) is 11. The molecule has 4 aromatic rings. The van der Waals surface area contributed by atoms with Gasteiger partial charge in [0.05, 0.1) is 68.5 Å². The van der Waals surface area contributed by atoms with E-state index in [1.165, 1.54) is 45.9 Å². The third-order valence-electron chi connectivity index (χ3n) is 4.72. The topological polar surface area (TPSA) is 158 Å². The smallest absolute Gasteiger partial charge is 0.335 e. The summed E-state index contributed by atoms with van der Waals surface area (Å²) in [4.78, 5) is 48.3. The quantitative estimate of drug-likeness (QED) is 0.364. The number of fused-ring (bicyclic) bond motifs is 2. The lowest BCUT2D eigenvalue weighted by Gasteiger charge is -2.13. The second-order valence-corrected chi connectivity index (χ2v) is 6.93. The fourth-order valence-corrected chi connectivity index (χ4v) is 2.72. The lowest BCUT2D eigenvalue weighted by atomic mass is 10.2.